The van der Waals surface area contributed by atoms with Crippen LogP contribution in [-0.2, 0) is 14.6 Å². The molecule has 1 aliphatic heterocycles. The average molecular weight is 501 g/mol. The Morgan fingerprint density at radius 3 is 2.52 bits per heavy atom. The molecule has 1 fully saturated rings. The number of nitrogens with one attached hydrogen (secondary N) is 1. The third-order valence-corrected chi connectivity index (χ3v) is 6.18. The standard InChI is InChI=1S/C14H26F3N3O3S.HI/c1-4-18-12(19-6-5-8-23-11-14(15,16)17)20-7-9-24(21,22)13(2,3)10-20;/h4-11H2,1-3H3,(H,18,19);1H. The summed E-state index contributed by atoms with van der Waals surface area (Å²) in [7, 11) is -3.14. The van der Waals surface area contributed by atoms with Crippen LogP contribution in [0.25, 0.3) is 0 Å². The summed E-state index contributed by atoms with van der Waals surface area (Å²) in [6, 6.07) is 0. The van der Waals surface area contributed by atoms with Crippen LogP contribution in [0.4, 0.5) is 13.2 Å². The number of halogens is 4. The Labute approximate surface area is 164 Å². The minimum atomic E-state index is -4.32. The van der Waals surface area contributed by atoms with E-state index in [2.05, 4.69) is 15.0 Å². The van der Waals surface area contributed by atoms with Gasteiger partial charge < -0.3 is 15.0 Å². The Bertz CT molecular complexity index is 539. The van der Waals surface area contributed by atoms with Crippen LogP contribution >= 0.6 is 24.0 Å². The Morgan fingerprint density at radius 1 is 1.36 bits per heavy atom. The van der Waals surface area contributed by atoms with Crippen molar-refractivity contribution in [1.29, 1.82) is 0 Å². The Balaban J connectivity index is 0.00000576. The highest BCUT2D eigenvalue weighted by molar-refractivity contribution is 14.0. The highest BCUT2D eigenvalue weighted by Crippen LogP contribution is 2.23. The van der Waals surface area contributed by atoms with Gasteiger partial charge in [-0.15, -0.1) is 24.0 Å². The van der Waals surface area contributed by atoms with Crippen LogP contribution in [0.15, 0.2) is 4.99 Å². The predicted octanol–water partition coefficient (Wildman–Crippen LogP) is 2.05. The van der Waals surface area contributed by atoms with Crippen molar-refractivity contribution in [1.82, 2.24) is 10.2 Å². The number of sulfone groups is 1. The number of nitrogens with zero attached hydrogens (tertiary/aromatic N) is 2. The summed E-state index contributed by atoms with van der Waals surface area (Å²) >= 11 is 0. The molecule has 1 aliphatic rings. The maximum absolute atomic E-state index is 12.0. The number of ether oxygens (including phenoxy) is 1. The summed E-state index contributed by atoms with van der Waals surface area (Å²) in [5, 5.41) is 3.09. The summed E-state index contributed by atoms with van der Waals surface area (Å²) in [6.07, 6.45) is -3.95. The van der Waals surface area contributed by atoms with Gasteiger partial charge >= 0.3 is 6.18 Å². The minimum absolute atomic E-state index is 0. The SMILES string of the molecule is CCNC(=NCCCOCC(F)(F)F)N1CCS(=O)(=O)C(C)(C)C1.I. The fourth-order valence-electron chi connectivity index (χ4n) is 2.29. The van der Waals surface area contributed by atoms with Gasteiger partial charge in [-0.05, 0) is 27.2 Å². The lowest BCUT2D eigenvalue weighted by atomic mass is 10.2. The van der Waals surface area contributed by atoms with Gasteiger partial charge in [0.2, 0.25) is 0 Å². The molecule has 1 heterocycles. The maximum Gasteiger partial charge on any atom is 0.411 e. The van der Waals surface area contributed by atoms with Gasteiger partial charge in [-0.2, -0.15) is 13.2 Å². The number of aliphatic imine (C=N–C) groups is 1. The van der Waals surface area contributed by atoms with Crippen LogP contribution in [0.1, 0.15) is 27.2 Å². The molecular formula is C14H27F3IN3O3S. The molecule has 150 valence electrons. The van der Waals surface area contributed by atoms with E-state index >= 15 is 0 Å². The van der Waals surface area contributed by atoms with Gasteiger partial charge in [0.15, 0.2) is 15.8 Å². The van der Waals surface area contributed by atoms with Crippen LogP contribution in [-0.4, -0.2) is 75.3 Å². The smallest absolute Gasteiger partial charge is 0.372 e. The summed E-state index contributed by atoms with van der Waals surface area (Å²) < 4.78 is 63.6. The van der Waals surface area contributed by atoms with Crippen molar-refractivity contribution in [3.63, 3.8) is 0 Å². The zero-order valence-electron chi connectivity index (χ0n) is 14.7. The molecule has 0 bridgehead atoms. The molecule has 0 spiro atoms. The monoisotopic (exact) mass is 501 g/mol. The number of hydrogen-bond acceptors (Lipinski definition) is 4. The normalized spacial score (nSPS) is 20.1. The number of guanidine groups is 1. The molecule has 1 N–H and O–H groups in total. The molecule has 0 saturated carbocycles. The zero-order valence-corrected chi connectivity index (χ0v) is 17.9. The van der Waals surface area contributed by atoms with E-state index in [-0.39, 0.29) is 36.3 Å². The Kier molecular flexibility index (Phi) is 10.0. The van der Waals surface area contributed by atoms with E-state index in [9.17, 15) is 21.6 Å². The third kappa shape index (κ3) is 8.29. The first-order valence-corrected chi connectivity index (χ1v) is 9.54. The van der Waals surface area contributed by atoms with Gasteiger partial charge in [-0.1, -0.05) is 0 Å². The van der Waals surface area contributed by atoms with Crippen LogP contribution in [0, 0.1) is 0 Å². The van der Waals surface area contributed by atoms with Crippen molar-refractivity contribution >= 4 is 39.8 Å². The molecule has 0 aliphatic carbocycles. The quantitative estimate of drug-likeness (QED) is 0.261. The van der Waals surface area contributed by atoms with Crippen LogP contribution < -0.4 is 5.32 Å². The molecule has 11 heteroatoms. The molecule has 0 atom stereocenters. The lowest BCUT2D eigenvalue weighted by Crippen LogP contribution is -2.57. The van der Waals surface area contributed by atoms with Gasteiger partial charge in [0.25, 0.3) is 0 Å². The number of alkyl halides is 3. The van der Waals surface area contributed by atoms with Crippen LogP contribution in [0.5, 0.6) is 0 Å². The first-order valence-electron chi connectivity index (χ1n) is 7.88. The van der Waals surface area contributed by atoms with Gasteiger partial charge in [-0.25, -0.2) is 8.42 Å². The van der Waals surface area contributed by atoms with Crippen molar-refractivity contribution in [2.45, 2.75) is 38.1 Å². The maximum atomic E-state index is 12.0. The summed E-state index contributed by atoms with van der Waals surface area (Å²) in [5.74, 6) is 0.635. The second-order valence-electron chi connectivity index (χ2n) is 6.26. The van der Waals surface area contributed by atoms with E-state index in [1.807, 2.05) is 11.8 Å². The van der Waals surface area contributed by atoms with Crippen molar-refractivity contribution < 1.29 is 26.3 Å². The summed E-state index contributed by atoms with van der Waals surface area (Å²) in [6.45, 7) is 5.59. The van der Waals surface area contributed by atoms with Crippen LogP contribution in [0.2, 0.25) is 0 Å². The van der Waals surface area contributed by atoms with Crippen LogP contribution in [0.3, 0.4) is 0 Å². The molecule has 0 unspecified atom stereocenters. The minimum Gasteiger partial charge on any atom is -0.372 e. The van der Waals surface area contributed by atoms with Gasteiger partial charge in [0.1, 0.15) is 6.61 Å². The second kappa shape index (κ2) is 10.1. The number of hydrogen-bond donors (Lipinski definition) is 1. The van der Waals surface area contributed by atoms with E-state index in [0.717, 1.165) is 0 Å². The lowest BCUT2D eigenvalue weighted by molar-refractivity contribution is -0.173. The van der Waals surface area contributed by atoms with Crippen molar-refractivity contribution in [2.75, 3.05) is 45.1 Å². The highest BCUT2D eigenvalue weighted by atomic mass is 127. The van der Waals surface area contributed by atoms with E-state index in [1.54, 1.807) is 13.8 Å². The lowest BCUT2D eigenvalue weighted by Gasteiger charge is -2.39. The van der Waals surface area contributed by atoms with Crippen molar-refractivity contribution in [3.8, 4) is 0 Å². The summed E-state index contributed by atoms with van der Waals surface area (Å²) in [4.78, 5) is 6.24. The third-order valence-electron chi connectivity index (χ3n) is 3.65. The molecule has 0 aromatic heterocycles. The molecule has 1 saturated heterocycles. The second-order valence-corrected chi connectivity index (χ2v) is 9.00. The van der Waals surface area contributed by atoms with E-state index < -0.39 is 27.4 Å². The highest BCUT2D eigenvalue weighted by Gasteiger charge is 2.40. The van der Waals surface area contributed by atoms with E-state index in [1.165, 1.54) is 0 Å². The fourth-order valence-corrected chi connectivity index (χ4v) is 3.66. The van der Waals surface area contributed by atoms with Crippen molar-refractivity contribution in [2.24, 2.45) is 4.99 Å². The predicted molar refractivity (Wildman–Crippen MR) is 102 cm³/mol. The largest absolute Gasteiger partial charge is 0.411 e. The molecule has 0 amide bonds. The first-order chi connectivity index (χ1) is 11.0. The summed E-state index contributed by atoms with van der Waals surface area (Å²) in [5.41, 5.74) is 0. The molecule has 0 radical (unpaired) electrons. The average Bonchev–Trinajstić information content (AvgIpc) is 2.43. The van der Waals surface area contributed by atoms with Crippen molar-refractivity contribution in [3.05, 3.63) is 0 Å². The van der Waals surface area contributed by atoms with E-state index in [4.69, 9.17) is 0 Å². The molecule has 0 aromatic carbocycles. The Hall–Kier alpha value is -0.300. The first kappa shape index (κ1) is 24.7. The molecule has 0 aromatic rings. The Morgan fingerprint density at radius 2 is 2.00 bits per heavy atom. The molecule has 25 heavy (non-hydrogen) atoms. The molecule has 1 rings (SSSR count). The number of rotatable bonds is 6. The fraction of sp³-hybridized carbons (Fsp3) is 0.929. The molecular weight excluding hydrogens is 474 g/mol. The van der Waals surface area contributed by atoms with E-state index in [0.29, 0.717) is 38.6 Å². The van der Waals surface area contributed by atoms with Gasteiger partial charge in [0, 0.05) is 32.8 Å². The molecule has 6 nitrogen and oxygen atoms in total. The topological polar surface area (TPSA) is 71.0 Å². The zero-order chi connectivity index (χ0) is 18.4. The van der Waals surface area contributed by atoms with Gasteiger partial charge in [-0.3, -0.25) is 4.99 Å². The van der Waals surface area contributed by atoms with Gasteiger partial charge in [0.05, 0.1) is 10.5 Å².